The highest BCUT2D eigenvalue weighted by Gasteiger charge is 2.31. The van der Waals surface area contributed by atoms with Crippen molar-refractivity contribution in [1.29, 1.82) is 0 Å². The summed E-state index contributed by atoms with van der Waals surface area (Å²) in [5.41, 5.74) is 1.42. The standard InChI is InChI=1S/C19H26N4S/c1-2-6-17-14-23(19-21-20-18(24-19)16-9-10-16)12-11-22(17)13-15-7-4-3-5-8-15/h3-5,7-8,16-17H,2,6,9-14H2,1H3. The van der Waals surface area contributed by atoms with E-state index >= 15 is 0 Å². The van der Waals surface area contributed by atoms with Crippen molar-refractivity contribution in [2.24, 2.45) is 0 Å². The Morgan fingerprint density at radius 1 is 1.12 bits per heavy atom. The molecule has 4 rings (SSSR count). The predicted molar refractivity (Wildman–Crippen MR) is 99.6 cm³/mol. The summed E-state index contributed by atoms with van der Waals surface area (Å²) in [6.07, 6.45) is 5.08. The second-order valence-electron chi connectivity index (χ2n) is 7.04. The van der Waals surface area contributed by atoms with Gasteiger partial charge in [0.15, 0.2) is 0 Å². The Hall–Kier alpha value is -1.46. The van der Waals surface area contributed by atoms with Gasteiger partial charge >= 0.3 is 0 Å². The Morgan fingerprint density at radius 2 is 1.96 bits per heavy atom. The largest absolute Gasteiger partial charge is 0.344 e. The van der Waals surface area contributed by atoms with Crippen LogP contribution in [0.5, 0.6) is 0 Å². The zero-order valence-electron chi connectivity index (χ0n) is 14.4. The van der Waals surface area contributed by atoms with Gasteiger partial charge in [0.1, 0.15) is 5.01 Å². The van der Waals surface area contributed by atoms with E-state index in [4.69, 9.17) is 0 Å². The molecule has 0 bridgehead atoms. The fraction of sp³-hybridized carbons (Fsp3) is 0.579. The molecule has 1 aliphatic carbocycles. The third-order valence-electron chi connectivity index (χ3n) is 5.08. The van der Waals surface area contributed by atoms with Crippen LogP contribution in [-0.4, -0.2) is 40.8 Å². The lowest BCUT2D eigenvalue weighted by Gasteiger charge is -2.41. The van der Waals surface area contributed by atoms with E-state index in [9.17, 15) is 0 Å². The van der Waals surface area contributed by atoms with Gasteiger partial charge in [-0.15, -0.1) is 10.2 Å². The van der Waals surface area contributed by atoms with Gasteiger partial charge in [-0.3, -0.25) is 4.90 Å². The van der Waals surface area contributed by atoms with Crippen LogP contribution in [0, 0.1) is 0 Å². The van der Waals surface area contributed by atoms with E-state index in [1.54, 1.807) is 0 Å². The van der Waals surface area contributed by atoms with Gasteiger partial charge < -0.3 is 4.90 Å². The van der Waals surface area contributed by atoms with Gasteiger partial charge in [0.2, 0.25) is 5.13 Å². The number of hydrogen-bond donors (Lipinski definition) is 0. The van der Waals surface area contributed by atoms with Crippen LogP contribution in [0.4, 0.5) is 5.13 Å². The first-order valence-electron chi connectivity index (χ1n) is 9.20. The molecule has 1 aliphatic heterocycles. The quantitative estimate of drug-likeness (QED) is 0.797. The van der Waals surface area contributed by atoms with Crippen LogP contribution in [0.25, 0.3) is 0 Å². The third kappa shape index (κ3) is 3.62. The van der Waals surface area contributed by atoms with Crippen molar-refractivity contribution in [3.05, 3.63) is 40.9 Å². The lowest BCUT2D eigenvalue weighted by atomic mass is 10.1. The van der Waals surface area contributed by atoms with E-state index in [0.29, 0.717) is 12.0 Å². The van der Waals surface area contributed by atoms with Crippen molar-refractivity contribution in [1.82, 2.24) is 15.1 Å². The van der Waals surface area contributed by atoms with Crippen LogP contribution in [0.15, 0.2) is 30.3 Å². The van der Waals surface area contributed by atoms with Gasteiger partial charge in [-0.1, -0.05) is 55.0 Å². The Bertz CT molecular complexity index is 652. The Labute approximate surface area is 148 Å². The van der Waals surface area contributed by atoms with Crippen LogP contribution in [0.3, 0.4) is 0 Å². The van der Waals surface area contributed by atoms with E-state index in [2.05, 4.69) is 57.3 Å². The maximum Gasteiger partial charge on any atom is 0.208 e. The number of nitrogens with zero attached hydrogens (tertiary/aromatic N) is 4. The minimum absolute atomic E-state index is 0.609. The average Bonchev–Trinajstić information content (AvgIpc) is 3.35. The molecule has 0 N–H and O–H groups in total. The average molecular weight is 343 g/mol. The first kappa shape index (κ1) is 16.0. The molecular formula is C19H26N4S. The molecule has 2 aliphatic rings. The fourth-order valence-electron chi connectivity index (χ4n) is 3.55. The second kappa shape index (κ2) is 7.19. The van der Waals surface area contributed by atoms with Gasteiger partial charge in [0.05, 0.1) is 0 Å². The van der Waals surface area contributed by atoms with E-state index < -0.39 is 0 Å². The van der Waals surface area contributed by atoms with Crippen molar-refractivity contribution < 1.29 is 0 Å². The van der Waals surface area contributed by atoms with Crippen molar-refractivity contribution in [3.63, 3.8) is 0 Å². The molecule has 0 amide bonds. The second-order valence-corrected chi connectivity index (χ2v) is 8.03. The van der Waals surface area contributed by atoms with Crippen molar-refractivity contribution in [2.45, 2.75) is 51.1 Å². The molecule has 1 saturated heterocycles. The topological polar surface area (TPSA) is 32.3 Å². The molecule has 1 atom stereocenters. The maximum atomic E-state index is 4.48. The molecule has 24 heavy (non-hydrogen) atoms. The van der Waals surface area contributed by atoms with Crippen LogP contribution in [-0.2, 0) is 6.54 Å². The highest BCUT2D eigenvalue weighted by atomic mass is 32.1. The lowest BCUT2D eigenvalue weighted by Crippen LogP contribution is -2.52. The normalized spacial score (nSPS) is 22.0. The molecule has 1 aromatic heterocycles. The number of hydrogen-bond acceptors (Lipinski definition) is 5. The van der Waals surface area contributed by atoms with E-state index in [1.165, 1.54) is 36.3 Å². The summed E-state index contributed by atoms with van der Waals surface area (Å²) in [6, 6.07) is 11.5. The first-order chi connectivity index (χ1) is 11.8. The number of aromatic nitrogens is 2. The molecule has 4 nitrogen and oxygen atoms in total. The molecule has 128 valence electrons. The molecule has 5 heteroatoms. The molecule has 2 fully saturated rings. The third-order valence-corrected chi connectivity index (χ3v) is 6.23. The Morgan fingerprint density at radius 3 is 2.71 bits per heavy atom. The van der Waals surface area contributed by atoms with Crippen LogP contribution in [0.1, 0.15) is 49.1 Å². The Balaban J connectivity index is 1.43. The molecule has 2 heterocycles. The van der Waals surface area contributed by atoms with Crippen molar-refractivity contribution >= 4 is 16.5 Å². The highest BCUT2D eigenvalue weighted by molar-refractivity contribution is 7.15. The lowest BCUT2D eigenvalue weighted by molar-refractivity contribution is 0.158. The van der Waals surface area contributed by atoms with Crippen molar-refractivity contribution in [2.75, 3.05) is 24.5 Å². The summed E-state index contributed by atoms with van der Waals surface area (Å²) in [5.74, 6) is 0.710. The molecule has 0 radical (unpaired) electrons. The minimum Gasteiger partial charge on any atom is -0.344 e. The van der Waals surface area contributed by atoms with E-state index in [1.807, 2.05) is 11.3 Å². The van der Waals surface area contributed by atoms with Crippen LogP contribution < -0.4 is 4.90 Å². The number of piperazine rings is 1. The summed E-state index contributed by atoms with van der Waals surface area (Å²) in [4.78, 5) is 5.11. The van der Waals surface area contributed by atoms with Crippen LogP contribution in [0.2, 0.25) is 0 Å². The fourth-order valence-corrected chi connectivity index (χ4v) is 4.60. The van der Waals surface area contributed by atoms with Gasteiger partial charge in [-0.05, 0) is 24.8 Å². The van der Waals surface area contributed by atoms with Crippen LogP contribution >= 0.6 is 11.3 Å². The van der Waals surface area contributed by atoms with Gasteiger partial charge in [0, 0.05) is 38.1 Å². The summed E-state index contributed by atoms with van der Waals surface area (Å²) < 4.78 is 0. The summed E-state index contributed by atoms with van der Waals surface area (Å²) in [6.45, 7) is 6.60. The maximum absolute atomic E-state index is 4.48. The molecule has 1 unspecified atom stereocenters. The molecular weight excluding hydrogens is 316 g/mol. The van der Waals surface area contributed by atoms with Gasteiger partial charge in [-0.2, -0.15) is 0 Å². The zero-order valence-corrected chi connectivity index (χ0v) is 15.2. The first-order valence-corrected chi connectivity index (χ1v) is 10.0. The SMILES string of the molecule is CCCC1CN(c2nnc(C3CC3)s2)CCN1Cc1ccccc1. The smallest absolute Gasteiger partial charge is 0.208 e. The molecule has 1 saturated carbocycles. The number of benzene rings is 1. The number of anilines is 1. The summed E-state index contributed by atoms with van der Waals surface area (Å²) >= 11 is 1.82. The Kier molecular flexibility index (Phi) is 4.81. The van der Waals surface area contributed by atoms with Gasteiger partial charge in [0.25, 0.3) is 0 Å². The predicted octanol–water partition coefficient (Wildman–Crippen LogP) is 3.91. The zero-order chi connectivity index (χ0) is 16.4. The van der Waals surface area contributed by atoms with E-state index in [-0.39, 0.29) is 0 Å². The summed E-state index contributed by atoms with van der Waals surface area (Å²) in [5, 5.41) is 11.3. The highest BCUT2D eigenvalue weighted by Crippen LogP contribution is 2.42. The monoisotopic (exact) mass is 342 g/mol. The molecule has 1 aromatic carbocycles. The molecule has 0 spiro atoms. The summed E-state index contributed by atoms with van der Waals surface area (Å²) in [7, 11) is 0. The minimum atomic E-state index is 0.609. The van der Waals surface area contributed by atoms with E-state index in [0.717, 1.165) is 31.3 Å². The molecule has 2 aromatic rings. The van der Waals surface area contributed by atoms with Crippen molar-refractivity contribution in [3.8, 4) is 0 Å². The van der Waals surface area contributed by atoms with Gasteiger partial charge in [-0.25, -0.2) is 0 Å². The number of rotatable bonds is 6.